The molecule has 0 aliphatic heterocycles. The molecule has 0 saturated carbocycles. The fourth-order valence-corrected chi connectivity index (χ4v) is 2.89. The summed E-state index contributed by atoms with van der Waals surface area (Å²) in [4.78, 5) is 12.2. The smallest absolute Gasteiger partial charge is 0.412 e. The minimum atomic E-state index is -0.554. The number of hydrogen-bond donors (Lipinski definition) is 1. The van der Waals surface area contributed by atoms with Crippen molar-refractivity contribution in [1.29, 1.82) is 0 Å². The molecule has 1 N–H and O–H groups in total. The van der Waals surface area contributed by atoms with Gasteiger partial charge in [-0.25, -0.2) is 4.79 Å². The van der Waals surface area contributed by atoms with Crippen LogP contribution < -0.4 is 10.1 Å². The number of carbonyl (C=O) groups is 1. The number of benzene rings is 3. The summed E-state index contributed by atoms with van der Waals surface area (Å²) in [6.07, 6.45) is -0.477. The lowest BCUT2D eigenvalue weighted by molar-refractivity contribution is 0.0636. The van der Waals surface area contributed by atoms with Gasteiger partial charge in [0.2, 0.25) is 0 Å². The molecule has 0 aromatic heterocycles. The molecule has 0 aliphatic rings. The molecule has 0 heterocycles. The van der Waals surface area contributed by atoms with Gasteiger partial charge in [-0.1, -0.05) is 68.4 Å². The topological polar surface area (TPSA) is 47.6 Å². The Morgan fingerprint density at radius 1 is 0.931 bits per heavy atom. The molecule has 0 spiro atoms. The first-order valence-corrected chi connectivity index (χ1v) is 10.0. The van der Waals surface area contributed by atoms with Crippen LogP contribution in [-0.2, 0) is 11.3 Å². The molecule has 0 aliphatic carbocycles. The van der Waals surface area contributed by atoms with Crippen molar-refractivity contribution < 1.29 is 14.3 Å². The lowest BCUT2D eigenvalue weighted by atomic mass is 10.0. The van der Waals surface area contributed by atoms with Crippen molar-refractivity contribution in [3.8, 4) is 5.75 Å². The number of carbonyl (C=O) groups excluding carboxylic acids is 1. The van der Waals surface area contributed by atoms with E-state index < -0.39 is 11.7 Å². The van der Waals surface area contributed by atoms with E-state index in [1.165, 1.54) is 0 Å². The van der Waals surface area contributed by atoms with E-state index in [4.69, 9.17) is 9.47 Å². The van der Waals surface area contributed by atoms with Gasteiger partial charge in [0, 0.05) is 11.5 Å². The van der Waals surface area contributed by atoms with Crippen LogP contribution in [0.15, 0.2) is 60.7 Å². The quantitative estimate of drug-likeness (QED) is 0.514. The van der Waals surface area contributed by atoms with Gasteiger partial charge in [0.15, 0.2) is 0 Å². The first kappa shape index (κ1) is 22.3. The first-order valence-electron chi connectivity index (χ1n) is 10.0. The van der Waals surface area contributed by atoms with Gasteiger partial charge < -0.3 is 9.47 Å². The summed E-state index contributed by atoms with van der Waals surface area (Å²) in [7, 11) is 0. The third-order valence-electron chi connectivity index (χ3n) is 4.15. The van der Waals surface area contributed by atoms with Crippen LogP contribution in [0.25, 0.3) is 10.8 Å². The Kier molecular flexibility index (Phi) is 7.66. The lowest BCUT2D eigenvalue weighted by Crippen LogP contribution is -2.27. The Balaban J connectivity index is 0.00000145. The summed E-state index contributed by atoms with van der Waals surface area (Å²) in [6.45, 7) is 12.0. The molecule has 29 heavy (non-hydrogen) atoms. The Morgan fingerprint density at radius 3 is 2.14 bits per heavy atom. The van der Waals surface area contributed by atoms with Crippen LogP contribution in [0, 0.1) is 6.92 Å². The van der Waals surface area contributed by atoms with Crippen molar-refractivity contribution in [2.45, 2.75) is 53.8 Å². The summed E-state index contributed by atoms with van der Waals surface area (Å²) in [5, 5.41) is 4.91. The zero-order valence-corrected chi connectivity index (χ0v) is 18.2. The molecule has 4 nitrogen and oxygen atoms in total. The van der Waals surface area contributed by atoms with Crippen molar-refractivity contribution in [3.63, 3.8) is 0 Å². The standard InChI is InChI=1S/C23H25NO3.C2H6/c1-16-18-12-8-9-13-19(18)21(26-15-17-10-6-5-7-11-17)14-20(16)24-22(25)27-23(2,3)4;1-2/h5-14H,15H2,1-4H3,(H,24,25);1-2H3. The Hall–Kier alpha value is -3.01. The number of aryl methyl sites for hydroxylation is 1. The molecule has 0 bridgehead atoms. The van der Waals surface area contributed by atoms with E-state index in [9.17, 15) is 4.79 Å². The number of amides is 1. The highest BCUT2D eigenvalue weighted by Crippen LogP contribution is 2.34. The minimum Gasteiger partial charge on any atom is -0.488 e. The minimum absolute atomic E-state index is 0.458. The highest BCUT2D eigenvalue weighted by atomic mass is 16.6. The predicted octanol–water partition coefficient (Wildman–Crippen LogP) is 7.10. The van der Waals surface area contributed by atoms with E-state index in [1.54, 1.807) is 0 Å². The number of ether oxygens (including phenoxy) is 2. The molecule has 3 aromatic rings. The highest BCUT2D eigenvalue weighted by molar-refractivity contribution is 5.98. The lowest BCUT2D eigenvalue weighted by Gasteiger charge is -2.21. The van der Waals surface area contributed by atoms with Crippen LogP contribution in [0.4, 0.5) is 10.5 Å². The molecule has 3 aromatic carbocycles. The molecule has 0 radical (unpaired) electrons. The third kappa shape index (κ3) is 6.24. The van der Waals surface area contributed by atoms with Gasteiger partial charge in [-0.3, -0.25) is 5.32 Å². The van der Waals surface area contributed by atoms with Crippen molar-refractivity contribution >= 4 is 22.6 Å². The highest BCUT2D eigenvalue weighted by Gasteiger charge is 2.18. The van der Waals surface area contributed by atoms with Crippen molar-refractivity contribution in [2.24, 2.45) is 0 Å². The van der Waals surface area contributed by atoms with Crippen LogP contribution in [0.1, 0.15) is 45.7 Å². The molecule has 4 heteroatoms. The number of hydrogen-bond acceptors (Lipinski definition) is 3. The van der Waals surface area contributed by atoms with Gasteiger partial charge in [-0.05, 0) is 44.2 Å². The summed E-state index contributed by atoms with van der Waals surface area (Å²) in [6, 6.07) is 19.9. The second-order valence-corrected chi connectivity index (χ2v) is 7.49. The van der Waals surface area contributed by atoms with E-state index in [0.717, 1.165) is 27.6 Å². The number of fused-ring (bicyclic) bond motifs is 1. The van der Waals surface area contributed by atoms with E-state index in [-0.39, 0.29) is 0 Å². The monoisotopic (exact) mass is 393 g/mol. The molecular formula is C25H31NO3. The van der Waals surface area contributed by atoms with E-state index in [0.29, 0.717) is 12.3 Å². The summed E-state index contributed by atoms with van der Waals surface area (Å²) < 4.78 is 11.5. The van der Waals surface area contributed by atoms with Crippen molar-refractivity contribution in [3.05, 3.63) is 71.8 Å². The zero-order chi connectivity index (χ0) is 21.4. The Morgan fingerprint density at radius 2 is 1.52 bits per heavy atom. The van der Waals surface area contributed by atoms with Crippen LogP contribution in [0.5, 0.6) is 5.75 Å². The number of nitrogens with one attached hydrogen (secondary N) is 1. The number of anilines is 1. The molecule has 3 rings (SSSR count). The fourth-order valence-electron chi connectivity index (χ4n) is 2.89. The second kappa shape index (κ2) is 9.97. The van der Waals surface area contributed by atoms with Crippen LogP contribution in [0.3, 0.4) is 0 Å². The van der Waals surface area contributed by atoms with Gasteiger partial charge in [0.1, 0.15) is 18.0 Å². The molecular weight excluding hydrogens is 362 g/mol. The maximum Gasteiger partial charge on any atom is 0.412 e. The fraction of sp³-hybridized carbons (Fsp3) is 0.320. The SMILES string of the molecule is CC.Cc1c(NC(=O)OC(C)(C)C)cc(OCc2ccccc2)c2ccccc12. The van der Waals surface area contributed by atoms with E-state index in [2.05, 4.69) is 5.32 Å². The number of rotatable bonds is 4. The maximum absolute atomic E-state index is 12.2. The van der Waals surface area contributed by atoms with Crippen LogP contribution in [0.2, 0.25) is 0 Å². The van der Waals surface area contributed by atoms with Crippen molar-refractivity contribution in [1.82, 2.24) is 0 Å². The first-order chi connectivity index (χ1) is 13.8. The van der Waals surface area contributed by atoms with Gasteiger partial charge in [-0.2, -0.15) is 0 Å². The van der Waals surface area contributed by atoms with Gasteiger partial charge >= 0.3 is 6.09 Å². The van der Waals surface area contributed by atoms with Gasteiger partial charge in [0.25, 0.3) is 0 Å². The molecule has 0 fully saturated rings. The van der Waals surface area contributed by atoms with E-state index in [1.807, 2.05) is 102 Å². The molecule has 0 atom stereocenters. The molecule has 1 amide bonds. The van der Waals surface area contributed by atoms with Crippen LogP contribution in [-0.4, -0.2) is 11.7 Å². The molecule has 154 valence electrons. The third-order valence-corrected chi connectivity index (χ3v) is 4.15. The van der Waals surface area contributed by atoms with E-state index >= 15 is 0 Å². The summed E-state index contributed by atoms with van der Waals surface area (Å²) in [5.41, 5.74) is 2.19. The average molecular weight is 394 g/mol. The maximum atomic E-state index is 12.2. The predicted molar refractivity (Wildman–Crippen MR) is 121 cm³/mol. The van der Waals surface area contributed by atoms with Gasteiger partial charge in [0.05, 0.1) is 5.69 Å². The summed E-state index contributed by atoms with van der Waals surface area (Å²) >= 11 is 0. The zero-order valence-electron chi connectivity index (χ0n) is 18.2. The van der Waals surface area contributed by atoms with Crippen molar-refractivity contribution in [2.75, 3.05) is 5.32 Å². The Bertz CT molecular complexity index is 943. The summed E-state index contributed by atoms with van der Waals surface area (Å²) in [5.74, 6) is 0.728. The second-order valence-electron chi connectivity index (χ2n) is 7.49. The molecule has 0 saturated heterocycles. The Labute approximate surface area is 173 Å². The van der Waals surface area contributed by atoms with Crippen LogP contribution >= 0.6 is 0 Å². The molecule has 0 unspecified atom stereocenters. The largest absolute Gasteiger partial charge is 0.488 e. The van der Waals surface area contributed by atoms with Gasteiger partial charge in [-0.15, -0.1) is 0 Å². The average Bonchev–Trinajstić information content (AvgIpc) is 2.70. The normalized spacial score (nSPS) is 10.7.